The molecule has 4 aromatic rings. The minimum Gasteiger partial charge on any atom is -0.345 e. The topological polar surface area (TPSA) is 146 Å². The van der Waals surface area contributed by atoms with Gasteiger partial charge in [0.25, 0.3) is 5.91 Å². The van der Waals surface area contributed by atoms with E-state index in [0.29, 0.717) is 6.42 Å². The van der Waals surface area contributed by atoms with Crippen LogP contribution < -0.4 is 26.6 Å². The van der Waals surface area contributed by atoms with Crippen LogP contribution in [0.3, 0.4) is 0 Å². The zero-order valence-corrected chi connectivity index (χ0v) is 26.7. The first-order valence-electron chi connectivity index (χ1n) is 16.0. The molecular weight excluding hydrogens is 606 g/mol. The Balaban J connectivity index is 1.38. The normalized spacial score (nSPS) is 17.1. The number of urea groups is 1. The molecule has 3 atom stereocenters. The van der Waals surface area contributed by atoms with Crippen LogP contribution in [0, 0.1) is 0 Å². The molecule has 48 heavy (non-hydrogen) atoms. The Bertz CT molecular complexity index is 1760. The van der Waals surface area contributed by atoms with Gasteiger partial charge in [0.1, 0.15) is 18.1 Å². The quantitative estimate of drug-likeness (QED) is 0.186. The largest absolute Gasteiger partial charge is 0.345 e. The number of carbonyl (C=O) groups excluding carboxylic acids is 5. The summed E-state index contributed by atoms with van der Waals surface area (Å²) in [5, 5.41) is 13.6. The van der Waals surface area contributed by atoms with Crippen molar-refractivity contribution in [3.63, 3.8) is 0 Å². The van der Waals surface area contributed by atoms with E-state index in [0.717, 1.165) is 33.4 Å². The van der Waals surface area contributed by atoms with Gasteiger partial charge >= 0.3 is 6.03 Å². The molecule has 1 heterocycles. The van der Waals surface area contributed by atoms with Gasteiger partial charge in [-0.25, -0.2) is 4.79 Å². The number of nitrogens with one attached hydrogen (secondary N) is 5. The minimum atomic E-state index is -1.19. The van der Waals surface area contributed by atoms with Gasteiger partial charge in [-0.2, -0.15) is 0 Å². The molecule has 1 aliphatic rings. The first-order valence-corrected chi connectivity index (χ1v) is 16.0. The summed E-state index contributed by atoms with van der Waals surface area (Å²) in [7, 11) is 0. The SMILES string of the molecule is C[C@@H]1NC(=O)NCc2cccc(c2)-c2cccc(c2)CC[C@@H](C(=O)N[C@@H](Cc2ccccc2)C(=O)C(=O)NCc2ccccc2)NC1=O. The number of rotatable bonds is 8. The van der Waals surface area contributed by atoms with E-state index in [1.54, 1.807) is 0 Å². The fourth-order valence-corrected chi connectivity index (χ4v) is 5.49. The first-order chi connectivity index (χ1) is 23.2. The summed E-state index contributed by atoms with van der Waals surface area (Å²) in [5.74, 6) is -2.81. The number of carbonyl (C=O) groups is 5. The van der Waals surface area contributed by atoms with Crippen molar-refractivity contribution in [1.82, 2.24) is 26.6 Å². The van der Waals surface area contributed by atoms with Crippen LogP contribution in [0.1, 0.15) is 35.6 Å². The van der Waals surface area contributed by atoms with Crippen molar-refractivity contribution in [3.05, 3.63) is 131 Å². The predicted octanol–water partition coefficient (Wildman–Crippen LogP) is 3.59. The second-order valence-corrected chi connectivity index (χ2v) is 11.8. The van der Waals surface area contributed by atoms with Gasteiger partial charge in [0, 0.05) is 19.5 Å². The summed E-state index contributed by atoms with van der Waals surface area (Å²) >= 11 is 0. The monoisotopic (exact) mass is 645 g/mol. The molecule has 4 bridgehead atoms. The van der Waals surface area contributed by atoms with Gasteiger partial charge in [-0.05, 0) is 59.2 Å². The molecule has 0 fully saturated rings. The molecule has 0 radical (unpaired) electrons. The van der Waals surface area contributed by atoms with E-state index in [1.807, 2.05) is 109 Å². The van der Waals surface area contributed by atoms with Gasteiger partial charge in [-0.15, -0.1) is 0 Å². The number of hydrogen-bond acceptors (Lipinski definition) is 5. The van der Waals surface area contributed by atoms with E-state index in [1.165, 1.54) is 6.92 Å². The zero-order chi connectivity index (χ0) is 33.9. The fourth-order valence-electron chi connectivity index (χ4n) is 5.49. The summed E-state index contributed by atoms with van der Waals surface area (Å²) < 4.78 is 0. The number of hydrogen-bond donors (Lipinski definition) is 5. The van der Waals surface area contributed by atoms with E-state index < -0.39 is 47.7 Å². The Labute approximate surface area is 279 Å². The summed E-state index contributed by atoms with van der Waals surface area (Å²) in [5.41, 5.74) is 5.38. The Hall–Kier alpha value is -5.77. The second kappa shape index (κ2) is 16.2. The highest BCUT2D eigenvalue weighted by molar-refractivity contribution is 6.38. The molecule has 10 heteroatoms. The molecule has 0 saturated heterocycles. The molecule has 0 unspecified atom stereocenters. The molecule has 0 aromatic heterocycles. The summed E-state index contributed by atoms with van der Waals surface area (Å²) in [6, 6.07) is 30.2. The predicted molar refractivity (Wildman–Crippen MR) is 182 cm³/mol. The van der Waals surface area contributed by atoms with Crippen LogP contribution in [0.5, 0.6) is 0 Å². The van der Waals surface area contributed by atoms with Crippen molar-refractivity contribution < 1.29 is 24.0 Å². The highest BCUT2D eigenvalue weighted by Crippen LogP contribution is 2.23. The van der Waals surface area contributed by atoms with Gasteiger partial charge < -0.3 is 26.6 Å². The molecular formula is C38H39N5O5. The summed E-state index contributed by atoms with van der Waals surface area (Å²) in [4.78, 5) is 66.3. The molecule has 0 spiro atoms. The maximum Gasteiger partial charge on any atom is 0.315 e. The van der Waals surface area contributed by atoms with Gasteiger partial charge in [-0.1, -0.05) is 103 Å². The van der Waals surface area contributed by atoms with Crippen LogP contribution in [-0.2, 0) is 45.1 Å². The molecule has 0 aliphatic carbocycles. The van der Waals surface area contributed by atoms with Crippen LogP contribution in [0.15, 0.2) is 109 Å². The van der Waals surface area contributed by atoms with Gasteiger partial charge in [0.2, 0.25) is 17.6 Å². The smallest absolute Gasteiger partial charge is 0.315 e. The molecule has 1 aliphatic heterocycles. The number of Topliss-reactive ketones (excluding diaryl/α,β-unsaturated/α-hetero) is 1. The van der Waals surface area contributed by atoms with Crippen LogP contribution in [-0.4, -0.2) is 47.7 Å². The van der Waals surface area contributed by atoms with Crippen LogP contribution in [0.25, 0.3) is 11.1 Å². The lowest BCUT2D eigenvalue weighted by atomic mass is 9.97. The van der Waals surface area contributed by atoms with Crippen molar-refractivity contribution in [2.24, 2.45) is 0 Å². The van der Waals surface area contributed by atoms with Gasteiger partial charge in [-0.3, -0.25) is 19.2 Å². The minimum absolute atomic E-state index is 0.0735. The van der Waals surface area contributed by atoms with Crippen molar-refractivity contribution in [3.8, 4) is 11.1 Å². The van der Waals surface area contributed by atoms with E-state index >= 15 is 0 Å². The summed E-state index contributed by atoms with van der Waals surface area (Å²) in [6.45, 7) is 1.93. The third-order valence-corrected chi connectivity index (χ3v) is 8.17. The van der Waals surface area contributed by atoms with Gasteiger partial charge in [0.05, 0.1) is 0 Å². The maximum atomic E-state index is 13.9. The molecule has 5 amide bonds. The number of fused-ring (bicyclic) bond motifs is 5. The maximum absolute atomic E-state index is 13.9. The number of amides is 5. The third kappa shape index (κ3) is 9.38. The average molecular weight is 646 g/mol. The second-order valence-electron chi connectivity index (χ2n) is 11.8. The van der Waals surface area contributed by atoms with E-state index in [4.69, 9.17) is 0 Å². The van der Waals surface area contributed by atoms with Crippen molar-refractivity contribution >= 4 is 29.5 Å². The molecule has 10 nitrogen and oxygen atoms in total. The van der Waals surface area contributed by atoms with Crippen LogP contribution in [0.4, 0.5) is 4.79 Å². The average Bonchev–Trinajstić information content (AvgIpc) is 3.11. The Morgan fingerprint density at radius 2 is 1.40 bits per heavy atom. The van der Waals surface area contributed by atoms with Crippen LogP contribution >= 0.6 is 0 Å². The summed E-state index contributed by atoms with van der Waals surface area (Å²) in [6.07, 6.45) is 0.708. The highest BCUT2D eigenvalue weighted by atomic mass is 16.2. The zero-order valence-electron chi connectivity index (χ0n) is 26.7. The molecule has 5 rings (SSSR count). The van der Waals surface area contributed by atoms with Gasteiger partial charge in [0.15, 0.2) is 0 Å². The first kappa shape index (κ1) is 33.6. The molecule has 246 valence electrons. The lowest BCUT2D eigenvalue weighted by molar-refractivity contribution is -0.140. The lowest BCUT2D eigenvalue weighted by Gasteiger charge is -2.24. The standard InChI is InChI=1S/C38H39N5O5/c1-25-35(45)42-32(19-18-27-14-8-16-30(20-27)31-17-9-15-29(21-31)24-40-38(48)41-25)36(46)43-33(22-26-10-4-2-5-11-26)34(44)37(47)39-23-28-12-6-3-7-13-28/h2-17,20-21,25,32-33H,18-19,22-24H2,1H3,(H,39,47)(H,42,45)(H,43,46)(H2,40,41,48)/t25-,32-,33-/m0/s1. The number of ketones is 1. The Morgan fingerprint density at radius 1 is 0.771 bits per heavy atom. The molecule has 0 saturated carbocycles. The van der Waals surface area contributed by atoms with Crippen molar-refractivity contribution in [2.75, 3.05) is 0 Å². The third-order valence-electron chi connectivity index (χ3n) is 8.17. The number of aryl methyl sites for hydroxylation is 1. The number of benzene rings is 4. The Kier molecular flexibility index (Phi) is 11.3. The fraction of sp³-hybridized carbons (Fsp3) is 0.237. The van der Waals surface area contributed by atoms with Crippen molar-refractivity contribution in [2.45, 2.75) is 57.4 Å². The molecule has 5 N–H and O–H groups in total. The molecule has 4 aromatic carbocycles. The lowest BCUT2D eigenvalue weighted by Crippen LogP contribution is -2.57. The van der Waals surface area contributed by atoms with Crippen molar-refractivity contribution in [1.29, 1.82) is 0 Å². The van der Waals surface area contributed by atoms with Crippen LogP contribution in [0.2, 0.25) is 0 Å². The van der Waals surface area contributed by atoms with E-state index in [-0.39, 0.29) is 25.9 Å². The Morgan fingerprint density at radius 3 is 2.08 bits per heavy atom. The van der Waals surface area contributed by atoms with E-state index in [9.17, 15) is 24.0 Å². The van der Waals surface area contributed by atoms with E-state index in [2.05, 4.69) is 26.6 Å². The highest BCUT2D eigenvalue weighted by Gasteiger charge is 2.31.